The first kappa shape index (κ1) is 8.62. The van der Waals surface area contributed by atoms with Crippen LogP contribution in [0.1, 0.15) is 0 Å². The Hall–Kier alpha value is -1.97. The second-order valence-corrected chi connectivity index (χ2v) is 2.79. The molecule has 0 saturated carbocycles. The third-order valence-corrected chi connectivity index (χ3v) is 1.98. The molecule has 0 radical (unpaired) electrons. The van der Waals surface area contributed by atoms with Crippen LogP contribution in [0.2, 0.25) is 0 Å². The van der Waals surface area contributed by atoms with Gasteiger partial charge in [-0.3, -0.25) is 4.57 Å². The minimum absolute atomic E-state index is 0.210. The number of para-hydroxylation sites is 1. The smallest absolute Gasteiger partial charge is 0.365 e. The maximum atomic E-state index is 11.6. The summed E-state index contributed by atoms with van der Waals surface area (Å²) in [6.07, 6.45) is 3.25. The highest BCUT2D eigenvalue weighted by Gasteiger charge is 2.03. The number of aromatic nitrogens is 2. The summed E-state index contributed by atoms with van der Waals surface area (Å²) in [6.45, 7) is 0. The van der Waals surface area contributed by atoms with Crippen LogP contribution < -0.4 is 10.5 Å². The summed E-state index contributed by atoms with van der Waals surface area (Å²) in [7, 11) is 1.46. The normalized spacial score (nSPS) is 10.1. The molecule has 4 heteroatoms. The Morgan fingerprint density at radius 2 is 1.86 bits per heavy atom. The van der Waals surface area contributed by atoms with Gasteiger partial charge in [0, 0.05) is 6.20 Å². The molecule has 0 amide bonds. The van der Waals surface area contributed by atoms with Gasteiger partial charge in [0.05, 0.1) is 11.9 Å². The molecule has 2 aromatic rings. The highest BCUT2D eigenvalue weighted by atomic mass is 16.6. The summed E-state index contributed by atoms with van der Waals surface area (Å²) >= 11 is 0. The van der Waals surface area contributed by atoms with Gasteiger partial charge < -0.3 is 4.84 Å². The van der Waals surface area contributed by atoms with Gasteiger partial charge in [-0.1, -0.05) is 18.2 Å². The molecule has 0 aliphatic carbocycles. The molecule has 0 bridgehead atoms. The van der Waals surface area contributed by atoms with Crippen LogP contribution in [0.3, 0.4) is 0 Å². The van der Waals surface area contributed by atoms with E-state index in [0.717, 1.165) is 5.69 Å². The lowest BCUT2D eigenvalue weighted by Crippen LogP contribution is -2.26. The Kier molecular flexibility index (Phi) is 2.10. The van der Waals surface area contributed by atoms with Crippen molar-refractivity contribution in [3.8, 4) is 5.69 Å². The van der Waals surface area contributed by atoms with Crippen LogP contribution in [-0.2, 0) is 0 Å². The van der Waals surface area contributed by atoms with Crippen molar-refractivity contribution < 1.29 is 4.84 Å². The standard InChI is InChI=1S/C10H10N2O2/c1-14-12-8-7-11(10(12)13)9-5-3-2-4-6-9/h2-8H,1H3. The van der Waals surface area contributed by atoms with E-state index in [0.29, 0.717) is 0 Å². The van der Waals surface area contributed by atoms with Crippen molar-refractivity contribution in [3.05, 3.63) is 53.2 Å². The van der Waals surface area contributed by atoms with Crippen LogP contribution in [0.25, 0.3) is 5.69 Å². The molecule has 0 atom stereocenters. The maximum Gasteiger partial charge on any atom is 0.365 e. The fraction of sp³-hybridized carbons (Fsp3) is 0.100. The van der Waals surface area contributed by atoms with E-state index >= 15 is 0 Å². The lowest BCUT2D eigenvalue weighted by molar-refractivity contribution is 0.157. The largest absolute Gasteiger partial charge is 0.413 e. The topological polar surface area (TPSA) is 36.2 Å². The Balaban J connectivity index is 2.53. The van der Waals surface area contributed by atoms with E-state index in [2.05, 4.69) is 0 Å². The molecular formula is C10H10N2O2. The monoisotopic (exact) mass is 190 g/mol. The van der Waals surface area contributed by atoms with Gasteiger partial charge in [-0.05, 0) is 12.1 Å². The van der Waals surface area contributed by atoms with Crippen LogP contribution in [0, 0.1) is 0 Å². The molecule has 0 fully saturated rings. The van der Waals surface area contributed by atoms with Crippen LogP contribution in [0.15, 0.2) is 47.5 Å². The molecule has 1 aromatic carbocycles. The molecule has 4 nitrogen and oxygen atoms in total. The number of benzene rings is 1. The summed E-state index contributed by atoms with van der Waals surface area (Å²) in [6, 6.07) is 9.39. The number of hydrogen-bond acceptors (Lipinski definition) is 2. The lowest BCUT2D eigenvalue weighted by atomic mass is 10.3. The molecule has 0 N–H and O–H groups in total. The first-order valence-electron chi connectivity index (χ1n) is 4.23. The second kappa shape index (κ2) is 3.41. The zero-order valence-corrected chi connectivity index (χ0v) is 7.75. The minimum atomic E-state index is -0.210. The van der Waals surface area contributed by atoms with E-state index in [4.69, 9.17) is 4.84 Å². The van der Waals surface area contributed by atoms with Gasteiger partial charge in [-0.15, -0.1) is 4.73 Å². The summed E-state index contributed by atoms with van der Waals surface area (Å²) < 4.78 is 2.69. The Labute approximate surface area is 80.9 Å². The molecule has 1 heterocycles. The summed E-state index contributed by atoms with van der Waals surface area (Å²) in [5.41, 5.74) is 0.618. The Morgan fingerprint density at radius 3 is 2.43 bits per heavy atom. The molecule has 0 spiro atoms. The molecule has 0 unspecified atom stereocenters. The van der Waals surface area contributed by atoms with Gasteiger partial charge in [-0.2, -0.15) is 0 Å². The molecule has 72 valence electrons. The number of hydrogen-bond donors (Lipinski definition) is 0. The van der Waals surface area contributed by atoms with Crippen molar-refractivity contribution >= 4 is 0 Å². The van der Waals surface area contributed by atoms with E-state index in [1.165, 1.54) is 16.4 Å². The average molecular weight is 190 g/mol. The van der Waals surface area contributed by atoms with Crippen molar-refractivity contribution in [3.63, 3.8) is 0 Å². The first-order chi connectivity index (χ1) is 6.83. The van der Waals surface area contributed by atoms with Gasteiger partial charge in [0.15, 0.2) is 0 Å². The van der Waals surface area contributed by atoms with Gasteiger partial charge in [0.1, 0.15) is 7.11 Å². The molecule has 14 heavy (non-hydrogen) atoms. The summed E-state index contributed by atoms with van der Waals surface area (Å²) in [5.74, 6) is 0. The van der Waals surface area contributed by atoms with Gasteiger partial charge >= 0.3 is 5.69 Å². The van der Waals surface area contributed by atoms with Crippen LogP contribution >= 0.6 is 0 Å². The molecule has 0 aliphatic heterocycles. The molecule has 0 aliphatic rings. The SMILES string of the molecule is COn1ccn(-c2ccccc2)c1=O. The zero-order chi connectivity index (χ0) is 9.97. The Bertz CT molecular complexity index is 470. The zero-order valence-electron chi connectivity index (χ0n) is 7.75. The van der Waals surface area contributed by atoms with Crippen LogP contribution in [0.5, 0.6) is 0 Å². The predicted molar refractivity (Wildman–Crippen MR) is 52.5 cm³/mol. The van der Waals surface area contributed by atoms with Gasteiger partial charge in [0.2, 0.25) is 0 Å². The quantitative estimate of drug-likeness (QED) is 0.698. The number of imidazole rings is 1. The summed E-state index contributed by atoms with van der Waals surface area (Å²) in [4.78, 5) is 16.4. The van der Waals surface area contributed by atoms with E-state index in [-0.39, 0.29) is 5.69 Å². The molecule has 2 rings (SSSR count). The van der Waals surface area contributed by atoms with Crippen molar-refractivity contribution in [1.29, 1.82) is 0 Å². The summed E-state index contributed by atoms with van der Waals surface area (Å²) in [5, 5.41) is 0. The average Bonchev–Trinajstić information content (AvgIpc) is 2.61. The van der Waals surface area contributed by atoms with Gasteiger partial charge in [-0.25, -0.2) is 4.79 Å². The minimum Gasteiger partial charge on any atom is -0.413 e. The number of rotatable bonds is 2. The predicted octanol–water partition coefficient (Wildman–Crippen LogP) is 0.697. The molecular weight excluding hydrogens is 180 g/mol. The van der Waals surface area contributed by atoms with Crippen molar-refractivity contribution in [2.75, 3.05) is 7.11 Å². The highest BCUT2D eigenvalue weighted by Crippen LogP contribution is 2.02. The fourth-order valence-electron chi connectivity index (χ4n) is 1.28. The molecule has 0 saturated heterocycles. The van der Waals surface area contributed by atoms with E-state index in [9.17, 15) is 4.79 Å². The third-order valence-electron chi connectivity index (χ3n) is 1.98. The van der Waals surface area contributed by atoms with Crippen molar-refractivity contribution in [2.45, 2.75) is 0 Å². The maximum absolute atomic E-state index is 11.6. The van der Waals surface area contributed by atoms with Crippen LogP contribution in [0.4, 0.5) is 0 Å². The van der Waals surface area contributed by atoms with E-state index in [1.54, 1.807) is 12.4 Å². The first-order valence-corrected chi connectivity index (χ1v) is 4.23. The number of nitrogens with zero attached hydrogens (tertiary/aromatic N) is 2. The fourth-order valence-corrected chi connectivity index (χ4v) is 1.28. The van der Waals surface area contributed by atoms with Gasteiger partial charge in [0.25, 0.3) is 0 Å². The molecule has 1 aromatic heterocycles. The lowest BCUT2D eigenvalue weighted by Gasteiger charge is -1.99. The third kappa shape index (κ3) is 1.31. The van der Waals surface area contributed by atoms with Crippen molar-refractivity contribution in [1.82, 2.24) is 9.30 Å². The van der Waals surface area contributed by atoms with Crippen molar-refractivity contribution in [2.24, 2.45) is 0 Å². The highest BCUT2D eigenvalue weighted by molar-refractivity contribution is 5.30. The second-order valence-electron chi connectivity index (χ2n) is 2.79. The Morgan fingerprint density at radius 1 is 1.14 bits per heavy atom. The van der Waals surface area contributed by atoms with E-state index in [1.807, 2.05) is 30.3 Å². The van der Waals surface area contributed by atoms with Crippen LogP contribution in [-0.4, -0.2) is 16.4 Å². The van der Waals surface area contributed by atoms with E-state index < -0.39 is 0 Å².